The molecule has 0 bridgehead atoms. The molecule has 0 heterocycles. The largest absolute Gasteiger partial charge is 0.508 e. The number of aliphatic hydroxyl groups is 3. The van der Waals surface area contributed by atoms with Crippen LogP contribution in [0.1, 0.15) is 62.5 Å². The highest BCUT2D eigenvalue weighted by Crippen LogP contribution is 2.57. The van der Waals surface area contributed by atoms with E-state index < -0.39 is 76.0 Å². The van der Waals surface area contributed by atoms with Crippen molar-refractivity contribution in [2.75, 3.05) is 14.1 Å². The molecule has 41 heavy (non-hydrogen) atoms. The average Bonchev–Trinajstić information content (AvgIpc) is 3.42. The van der Waals surface area contributed by atoms with E-state index in [0.717, 1.165) is 25.7 Å². The van der Waals surface area contributed by atoms with E-state index in [1.54, 1.807) is 19.1 Å². The molecule has 0 spiro atoms. The lowest BCUT2D eigenvalue weighted by Crippen LogP contribution is -2.71. The first-order valence-electron chi connectivity index (χ1n) is 14.0. The topological polar surface area (TPSA) is 188 Å². The first kappa shape index (κ1) is 28.8. The molecule has 6 atom stereocenters. The van der Waals surface area contributed by atoms with Crippen LogP contribution in [0.3, 0.4) is 0 Å². The molecule has 0 aliphatic heterocycles. The SMILES string of the molecule is C[C@@H]1c2cccc(O)c2C(O)=C2C(=O)[C@@]3(O)C(O)=C(C(N)=O)C(=O)[C@H](N(C)C)[C@H]3[C@H](OC(=O)CCC3CCCC3)[C@H]21. The molecule has 2 saturated carbocycles. The number of carbonyl (C=O) groups excluding carboxylic acids is 4. The molecular formula is C30H36N2O9. The second-order valence-electron chi connectivity index (χ2n) is 11.9. The summed E-state index contributed by atoms with van der Waals surface area (Å²) in [7, 11) is 2.99. The van der Waals surface area contributed by atoms with E-state index in [2.05, 4.69) is 0 Å². The Morgan fingerprint density at radius 2 is 1.78 bits per heavy atom. The number of hydrogen-bond donors (Lipinski definition) is 5. The number of phenols is 1. The monoisotopic (exact) mass is 568 g/mol. The minimum atomic E-state index is -2.94. The summed E-state index contributed by atoms with van der Waals surface area (Å²) >= 11 is 0. The number of phenolic OH excluding ortho intramolecular Hbond substituents is 1. The number of aromatic hydroxyl groups is 1. The number of likely N-dealkylation sites (N-methyl/N-ethyl adjacent to an activating group) is 1. The number of ether oxygens (including phenoxy) is 1. The molecular weight excluding hydrogens is 532 g/mol. The van der Waals surface area contributed by atoms with Gasteiger partial charge in [0.15, 0.2) is 11.4 Å². The van der Waals surface area contributed by atoms with Crippen LogP contribution in [-0.2, 0) is 23.9 Å². The lowest BCUT2D eigenvalue weighted by molar-refractivity contribution is -0.185. The summed E-state index contributed by atoms with van der Waals surface area (Å²) in [6.45, 7) is 1.73. The minimum absolute atomic E-state index is 0.0254. The van der Waals surface area contributed by atoms with Crippen molar-refractivity contribution in [3.05, 3.63) is 46.2 Å². The van der Waals surface area contributed by atoms with Crippen molar-refractivity contribution in [1.29, 1.82) is 0 Å². The van der Waals surface area contributed by atoms with Crippen LogP contribution >= 0.6 is 0 Å². The van der Waals surface area contributed by atoms with Crippen LogP contribution in [0.5, 0.6) is 5.75 Å². The number of nitrogens with zero attached hydrogens (tertiary/aromatic N) is 1. The van der Waals surface area contributed by atoms with Gasteiger partial charge in [-0.1, -0.05) is 44.7 Å². The smallest absolute Gasteiger partial charge is 0.306 e. The van der Waals surface area contributed by atoms with Gasteiger partial charge in [-0.05, 0) is 44.0 Å². The van der Waals surface area contributed by atoms with Crippen molar-refractivity contribution in [3.8, 4) is 5.75 Å². The molecule has 0 aromatic heterocycles. The first-order chi connectivity index (χ1) is 19.3. The van der Waals surface area contributed by atoms with E-state index in [1.807, 2.05) is 0 Å². The fourth-order valence-electron chi connectivity index (χ4n) is 7.52. The molecule has 11 heteroatoms. The van der Waals surface area contributed by atoms with Crippen LogP contribution < -0.4 is 5.73 Å². The van der Waals surface area contributed by atoms with Gasteiger partial charge in [-0.3, -0.25) is 24.1 Å². The van der Waals surface area contributed by atoms with E-state index in [4.69, 9.17) is 10.5 Å². The second kappa shape index (κ2) is 10.3. The summed E-state index contributed by atoms with van der Waals surface area (Å²) < 4.78 is 6.05. The Hall–Kier alpha value is -3.70. The summed E-state index contributed by atoms with van der Waals surface area (Å²) in [5.74, 6) is -9.09. The molecule has 1 amide bonds. The predicted octanol–water partition coefficient (Wildman–Crippen LogP) is 2.02. The Balaban J connectivity index is 1.71. The lowest BCUT2D eigenvalue weighted by Gasteiger charge is -2.54. The van der Waals surface area contributed by atoms with Crippen LogP contribution in [0.15, 0.2) is 35.1 Å². The molecule has 0 saturated heterocycles. The van der Waals surface area contributed by atoms with Crippen LogP contribution in [0.25, 0.3) is 5.76 Å². The number of primary amides is 1. The van der Waals surface area contributed by atoms with Crippen molar-refractivity contribution in [1.82, 2.24) is 4.90 Å². The second-order valence-corrected chi connectivity index (χ2v) is 11.9. The first-order valence-corrected chi connectivity index (χ1v) is 14.0. The van der Waals surface area contributed by atoms with Crippen LogP contribution in [-0.4, -0.2) is 80.6 Å². The standard InChI is InChI=1S/C30H36N2O9/c1-13-15-9-6-10-16(33)19(15)24(35)20-18(13)26(41-17(34)12-11-14-7-4-5-8-14)22-23(32(2)3)25(36)21(29(31)39)28(38)30(22,40)27(20)37/h6,9-10,13-14,18,22-23,26,33,35,38,40H,4-5,7-8,11-12H2,1-3H3,(H2,31,39)/t13-,18+,22+,23-,26-,30-/m1/s1. The van der Waals surface area contributed by atoms with Gasteiger partial charge in [0.2, 0.25) is 5.78 Å². The van der Waals surface area contributed by atoms with E-state index in [0.29, 0.717) is 17.9 Å². The zero-order valence-corrected chi connectivity index (χ0v) is 23.3. The molecule has 0 radical (unpaired) electrons. The van der Waals surface area contributed by atoms with Gasteiger partial charge < -0.3 is 30.9 Å². The van der Waals surface area contributed by atoms with Crippen molar-refractivity contribution in [2.24, 2.45) is 23.5 Å². The van der Waals surface area contributed by atoms with Gasteiger partial charge >= 0.3 is 5.97 Å². The van der Waals surface area contributed by atoms with Gasteiger partial charge in [0.05, 0.1) is 17.5 Å². The van der Waals surface area contributed by atoms with Gasteiger partial charge in [-0.25, -0.2) is 0 Å². The zero-order chi connectivity index (χ0) is 30.0. The summed E-state index contributed by atoms with van der Waals surface area (Å²) in [6, 6.07) is 3.18. The Kier molecular flexibility index (Phi) is 7.23. The molecule has 0 unspecified atom stereocenters. The van der Waals surface area contributed by atoms with Gasteiger partial charge in [-0.15, -0.1) is 0 Å². The molecule has 4 aliphatic rings. The number of amides is 1. The number of ketones is 2. The normalized spacial score (nSPS) is 31.7. The molecule has 2 fully saturated rings. The van der Waals surface area contributed by atoms with Crippen LogP contribution in [0.4, 0.5) is 0 Å². The van der Waals surface area contributed by atoms with Crippen LogP contribution in [0.2, 0.25) is 0 Å². The molecule has 220 valence electrons. The zero-order valence-electron chi connectivity index (χ0n) is 23.3. The van der Waals surface area contributed by atoms with Crippen molar-refractivity contribution in [2.45, 2.75) is 69.1 Å². The molecule has 11 nitrogen and oxygen atoms in total. The maximum atomic E-state index is 14.2. The number of Topliss-reactive ketones (excluding diaryl/α,β-unsaturated/α-hetero) is 2. The summed E-state index contributed by atoms with van der Waals surface area (Å²) in [5, 5.41) is 45.3. The van der Waals surface area contributed by atoms with E-state index >= 15 is 0 Å². The number of carbonyl (C=O) groups is 4. The molecule has 6 N–H and O–H groups in total. The highest BCUT2D eigenvalue weighted by molar-refractivity contribution is 6.24. The number of benzene rings is 1. The van der Waals surface area contributed by atoms with E-state index in [1.165, 1.54) is 25.1 Å². The average molecular weight is 569 g/mol. The third-order valence-electron chi connectivity index (χ3n) is 9.47. The lowest BCUT2D eigenvalue weighted by atomic mass is 9.54. The van der Waals surface area contributed by atoms with E-state index in [9.17, 15) is 39.6 Å². The highest BCUT2D eigenvalue weighted by Gasteiger charge is 2.69. The molecule has 1 aromatic rings. The fraction of sp³-hybridized carbons (Fsp3) is 0.533. The van der Waals surface area contributed by atoms with Crippen LogP contribution in [0, 0.1) is 17.8 Å². The summed E-state index contributed by atoms with van der Waals surface area (Å²) in [6.07, 6.45) is 3.50. The van der Waals surface area contributed by atoms with E-state index in [-0.39, 0.29) is 23.3 Å². The Labute approximate surface area is 237 Å². The Morgan fingerprint density at radius 3 is 2.39 bits per heavy atom. The number of nitrogens with two attached hydrogens (primary N) is 1. The van der Waals surface area contributed by atoms with Gasteiger partial charge in [0.25, 0.3) is 5.91 Å². The Bertz CT molecular complexity index is 1390. The number of esters is 1. The fourth-order valence-corrected chi connectivity index (χ4v) is 7.52. The molecule has 1 aromatic carbocycles. The molecule has 4 aliphatic carbocycles. The highest BCUT2D eigenvalue weighted by atomic mass is 16.5. The third kappa shape index (κ3) is 4.25. The number of aliphatic hydroxyl groups excluding tert-OH is 2. The molecule has 5 rings (SSSR count). The Morgan fingerprint density at radius 1 is 1.12 bits per heavy atom. The third-order valence-corrected chi connectivity index (χ3v) is 9.47. The quantitative estimate of drug-likeness (QED) is 0.251. The summed E-state index contributed by atoms with van der Waals surface area (Å²) in [5.41, 5.74) is 1.62. The predicted molar refractivity (Wildman–Crippen MR) is 145 cm³/mol. The van der Waals surface area contributed by atoms with Crippen molar-refractivity contribution >= 4 is 29.2 Å². The maximum Gasteiger partial charge on any atom is 0.306 e. The van der Waals surface area contributed by atoms with Crippen molar-refractivity contribution < 1.29 is 44.3 Å². The maximum absolute atomic E-state index is 14.2. The number of rotatable bonds is 6. The van der Waals surface area contributed by atoms with Gasteiger partial charge in [0, 0.05) is 17.9 Å². The number of hydrogen-bond acceptors (Lipinski definition) is 10. The summed E-state index contributed by atoms with van der Waals surface area (Å²) in [4.78, 5) is 54.8. The number of fused-ring (bicyclic) bond motifs is 3. The van der Waals surface area contributed by atoms with Crippen molar-refractivity contribution in [3.63, 3.8) is 0 Å². The van der Waals surface area contributed by atoms with Gasteiger partial charge in [0.1, 0.15) is 28.9 Å². The minimum Gasteiger partial charge on any atom is -0.508 e. The van der Waals surface area contributed by atoms with Gasteiger partial charge in [-0.2, -0.15) is 0 Å².